The summed E-state index contributed by atoms with van der Waals surface area (Å²) in [6.45, 7) is 3.03. The third-order valence-corrected chi connectivity index (χ3v) is 7.59. The number of piperazine rings is 1. The van der Waals surface area contributed by atoms with Gasteiger partial charge in [-0.3, -0.25) is 14.5 Å². The predicted molar refractivity (Wildman–Crippen MR) is 117 cm³/mol. The van der Waals surface area contributed by atoms with Crippen molar-refractivity contribution in [2.24, 2.45) is 17.8 Å². The minimum Gasteiger partial charge on any atom is -0.480 e. The Labute approximate surface area is 208 Å². The van der Waals surface area contributed by atoms with E-state index in [1.807, 2.05) is 4.90 Å². The highest BCUT2D eigenvalue weighted by Gasteiger charge is 2.66. The molecule has 0 aliphatic carbocycles. The average molecular weight is 540 g/mol. The van der Waals surface area contributed by atoms with Gasteiger partial charge in [-0.15, -0.1) is 0 Å². The van der Waals surface area contributed by atoms with E-state index in [9.17, 15) is 45.4 Å². The van der Waals surface area contributed by atoms with E-state index in [4.69, 9.17) is 0 Å². The number of rotatable bonds is 5. The number of likely N-dealkylation sites (tertiary alicyclic amines) is 1. The van der Waals surface area contributed by atoms with Crippen LogP contribution in [-0.4, -0.2) is 90.5 Å². The van der Waals surface area contributed by atoms with Gasteiger partial charge in [0.25, 0.3) is 0 Å². The molecule has 3 aliphatic rings. The molecule has 3 heterocycles. The first-order valence-electron chi connectivity index (χ1n) is 11.8. The van der Waals surface area contributed by atoms with Crippen LogP contribution in [0.2, 0.25) is 0 Å². The van der Waals surface area contributed by atoms with Crippen molar-refractivity contribution in [3.63, 3.8) is 0 Å². The van der Waals surface area contributed by atoms with Crippen LogP contribution in [0.4, 0.5) is 36.4 Å². The maximum absolute atomic E-state index is 14.1. The minimum absolute atomic E-state index is 0.0253. The molecule has 0 radical (unpaired) electrons. The van der Waals surface area contributed by atoms with Gasteiger partial charge in [0, 0.05) is 70.4 Å². The van der Waals surface area contributed by atoms with Crippen molar-refractivity contribution in [2.75, 3.05) is 44.2 Å². The lowest BCUT2D eigenvalue weighted by molar-refractivity contribution is -0.293. The fourth-order valence-electron chi connectivity index (χ4n) is 5.92. The van der Waals surface area contributed by atoms with Crippen LogP contribution in [0.25, 0.3) is 0 Å². The summed E-state index contributed by atoms with van der Waals surface area (Å²) in [6.07, 6.45) is -11.2. The second kappa shape index (κ2) is 9.93. The number of amides is 1. The highest BCUT2D eigenvalue weighted by atomic mass is 19.4. The number of aliphatic carboxylic acids is 1. The van der Waals surface area contributed by atoms with E-state index in [1.165, 1.54) is 25.1 Å². The maximum Gasteiger partial charge on any atom is 0.402 e. The molecule has 37 heavy (non-hydrogen) atoms. The molecule has 4 atom stereocenters. The zero-order valence-electron chi connectivity index (χ0n) is 19.8. The van der Waals surface area contributed by atoms with Crippen LogP contribution in [0.3, 0.4) is 0 Å². The standard InChI is InChI=1S/C23H27F7N4O3/c1-12(35)33-4-6-34(7-5-33)17-8-14(24)3-2-13(17)9-32-10-15-16(11-32)19(21(36)37)31-18(15)20(22(25,26)27)23(28,29)30/h2-3,8,15-16,18-20,31H,4-7,9-11H2,1H3,(H,36,37). The summed E-state index contributed by atoms with van der Waals surface area (Å²) in [5.41, 5.74) is 1.13. The average Bonchev–Trinajstić information content (AvgIpc) is 3.32. The molecule has 4 unspecified atom stereocenters. The van der Waals surface area contributed by atoms with Crippen molar-refractivity contribution < 1.29 is 45.4 Å². The fourth-order valence-corrected chi connectivity index (χ4v) is 5.92. The SMILES string of the molecule is CC(=O)N1CCN(c2cc(F)ccc2CN2CC3C(C(=O)O)NC(C(C(F)(F)F)C(F)(F)F)C3C2)CC1. The summed E-state index contributed by atoms with van der Waals surface area (Å²) in [6, 6.07) is 0.344. The van der Waals surface area contributed by atoms with Crippen LogP contribution < -0.4 is 10.2 Å². The number of fused-ring (bicyclic) bond motifs is 1. The third kappa shape index (κ3) is 5.64. The fraction of sp³-hybridized carbons (Fsp3) is 0.652. The topological polar surface area (TPSA) is 76.1 Å². The van der Waals surface area contributed by atoms with E-state index < -0.39 is 54.0 Å². The molecule has 1 aromatic rings. The molecule has 4 rings (SSSR count). The van der Waals surface area contributed by atoms with E-state index in [0.29, 0.717) is 37.4 Å². The number of hydrogen-bond donors (Lipinski definition) is 2. The van der Waals surface area contributed by atoms with Crippen molar-refractivity contribution in [2.45, 2.75) is 37.9 Å². The van der Waals surface area contributed by atoms with Crippen LogP contribution in [0.15, 0.2) is 18.2 Å². The van der Waals surface area contributed by atoms with E-state index in [1.54, 1.807) is 9.80 Å². The lowest BCUT2D eigenvalue weighted by Gasteiger charge is -2.37. The minimum atomic E-state index is -5.60. The van der Waals surface area contributed by atoms with Gasteiger partial charge in [-0.1, -0.05) is 6.07 Å². The Morgan fingerprint density at radius 1 is 1.03 bits per heavy atom. The van der Waals surface area contributed by atoms with E-state index in [0.717, 1.165) is 0 Å². The van der Waals surface area contributed by atoms with Crippen LogP contribution in [-0.2, 0) is 16.1 Å². The molecule has 3 fully saturated rings. The second-order valence-corrected chi connectivity index (χ2v) is 9.86. The molecule has 3 aliphatic heterocycles. The van der Waals surface area contributed by atoms with Gasteiger partial charge in [-0.25, -0.2) is 4.39 Å². The molecule has 0 aromatic heterocycles. The molecular formula is C23H27F7N4O3. The Kier molecular flexibility index (Phi) is 7.36. The molecule has 0 bridgehead atoms. The van der Waals surface area contributed by atoms with Gasteiger partial charge >= 0.3 is 18.3 Å². The number of carbonyl (C=O) groups excluding carboxylic acids is 1. The van der Waals surface area contributed by atoms with Crippen LogP contribution >= 0.6 is 0 Å². The first kappa shape index (κ1) is 27.4. The molecule has 0 saturated carbocycles. The van der Waals surface area contributed by atoms with Gasteiger partial charge in [-0.2, -0.15) is 26.3 Å². The summed E-state index contributed by atoms with van der Waals surface area (Å²) in [5.74, 6) is -7.96. The number of nitrogens with one attached hydrogen (secondary N) is 1. The Hall–Kier alpha value is -2.61. The second-order valence-electron chi connectivity index (χ2n) is 9.86. The van der Waals surface area contributed by atoms with Gasteiger partial charge < -0.3 is 20.2 Å². The highest BCUT2D eigenvalue weighted by Crippen LogP contribution is 2.48. The number of alkyl halides is 6. The van der Waals surface area contributed by atoms with Crippen molar-refractivity contribution in [1.29, 1.82) is 0 Å². The molecule has 14 heteroatoms. The first-order valence-corrected chi connectivity index (χ1v) is 11.8. The Morgan fingerprint density at radius 3 is 2.16 bits per heavy atom. The van der Waals surface area contributed by atoms with E-state index in [2.05, 4.69) is 5.32 Å². The molecule has 7 nitrogen and oxygen atoms in total. The van der Waals surface area contributed by atoms with Crippen molar-refractivity contribution in [3.05, 3.63) is 29.6 Å². The lowest BCUT2D eigenvalue weighted by Crippen LogP contribution is -2.53. The normalized spacial score (nSPS) is 27.2. The lowest BCUT2D eigenvalue weighted by atomic mass is 9.84. The van der Waals surface area contributed by atoms with Crippen molar-refractivity contribution in [3.8, 4) is 0 Å². The molecule has 0 spiro atoms. The number of anilines is 1. The van der Waals surface area contributed by atoms with Gasteiger partial charge in [0.15, 0.2) is 5.92 Å². The zero-order chi connectivity index (χ0) is 27.3. The first-order chi connectivity index (χ1) is 17.2. The van der Waals surface area contributed by atoms with E-state index in [-0.39, 0.29) is 25.5 Å². The number of carboxylic acids is 1. The van der Waals surface area contributed by atoms with Gasteiger partial charge in [0.2, 0.25) is 5.91 Å². The van der Waals surface area contributed by atoms with Crippen LogP contribution in [0, 0.1) is 23.6 Å². The molecule has 3 saturated heterocycles. The van der Waals surface area contributed by atoms with Crippen LogP contribution in [0.1, 0.15) is 12.5 Å². The summed E-state index contributed by atoms with van der Waals surface area (Å²) in [7, 11) is 0. The number of benzene rings is 1. The number of nitrogens with zero attached hydrogens (tertiary/aromatic N) is 3. The summed E-state index contributed by atoms with van der Waals surface area (Å²) < 4.78 is 95.0. The highest BCUT2D eigenvalue weighted by molar-refractivity contribution is 5.75. The summed E-state index contributed by atoms with van der Waals surface area (Å²) in [4.78, 5) is 28.5. The van der Waals surface area contributed by atoms with Gasteiger partial charge in [-0.05, 0) is 23.6 Å². The summed E-state index contributed by atoms with van der Waals surface area (Å²) >= 11 is 0. The predicted octanol–water partition coefficient (Wildman–Crippen LogP) is 2.71. The van der Waals surface area contributed by atoms with Crippen LogP contribution in [0.5, 0.6) is 0 Å². The van der Waals surface area contributed by atoms with Gasteiger partial charge in [0.1, 0.15) is 11.9 Å². The smallest absolute Gasteiger partial charge is 0.402 e. The molecule has 2 N–H and O–H groups in total. The van der Waals surface area contributed by atoms with Gasteiger partial charge in [0.05, 0.1) is 0 Å². The maximum atomic E-state index is 14.1. The monoisotopic (exact) mass is 540 g/mol. The number of hydrogen-bond acceptors (Lipinski definition) is 5. The molecule has 1 amide bonds. The summed E-state index contributed by atoms with van der Waals surface area (Å²) in [5, 5.41) is 11.6. The molecule has 206 valence electrons. The Balaban J connectivity index is 1.56. The largest absolute Gasteiger partial charge is 0.480 e. The number of halogens is 7. The number of carbonyl (C=O) groups is 2. The Bertz CT molecular complexity index is 1010. The van der Waals surface area contributed by atoms with E-state index >= 15 is 0 Å². The third-order valence-electron chi connectivity index (χ3n) is 7.59. The molecule has 1 aromatic carbocycles. The van der Waals surface area contributed by atoms with Crippen molar-refractivity contribution >= 4 is 17.6 Å². The quantitative estimate of drug-likeness (QED) is 0.560. The zero-order valence-corrected chi connectivity index (χ0v) is 19.8. The number of carboxylic acid groups (broad SMARTS) is 1. The Morgan fingerprint density at radius 2 is 1.62 bits per heavy atom. The molecular weight excluding hydrogens is 513 g/mol. The van der Waals surface area contributed by atoms with Crippen molar-refractivity contribution in [1.82, 2.24) is 15.1 Å².